The van der Waals surface area contributed by atoms with E-state index in [0.717, 1.165) is 12.1 Å². The normalized spacial score (nSPS) is 11.2. The molecule has 1 aromatic rings. The summed E-state index contributed by atoms with van der Waals surface area (Å²) < 4.78 is 5.59. The van der Waals surface area contributed by atoms with E-state index < -0.39 is 0 Å². The van der Waals surface area contributed by atoms with Crippen molar-refractivity contribution in [2.75, 3.05) is 13.2 Å². The lowest BCUT2D eigenvalue weighted by molar-refractivity contribution is -0.124. The minimum Gasteiger partial charge on any atom is -0.483 e. The smallest absolute Gasteiger partial charge is 0.258 e. The second-order valence-electron chi connectivity index (χ2n) is 5.62. The van der Waals surface area contributed by atoms with Gasteiger partial charge in [0.05, 0.1) is 0 Å². The van der Waals surface area contributed by atoms with Crippen molar-refractivity contribution in [1.29, 1.82) is 0 Å². The molecule has 20 heavy (non-hydrogen) atoms. The first-order chi connectivity index (χ1) is 9.31. The maximum absolute atomic E-state index is 11.7. The highest BCUT2D eigenvalue weighted by Gasteiger charge is 2.14. The molecule has 2 N–H and O–H groups in total. The summed E-state index contributed by atoms with van der Waals surface area (Å²) in [5, 5.41) is 6.73. The maximum Gasteiger partial charge on any atom is 0.258 e. The first-order valence-corrected chi connectivity index (χ1v) is 7.12. The molecule has 0 spiro atoms. The lowest BCUT2D eigenvalue weighted by atomic mass is 10.1. The molecule has 0 saturated heterocycles. The van der Waals surface area contributed by atoms with Crippen LogP contribution in [0, 0.1) is 0 Å². The molecule has 0 heterocycles. The van der Waals surface area contributed by atoms with E-state index in [1.54, 1.807) is 12.1 Å². The third-order valence-corrected chi connectivity index (χ3v) is 2.70. The highest BCUT2D eigenvalue weighted by Crippen LogP contribution is 2.22. The second-order valence-corrected chi connectivity index (χ2v) is 6.06. The van der Waals surface area contributed by atoms with Gasteiger partial charge in [-0.3, -0.25) is 4.79 Å². The van der Waals surface area contributed by atoms with Crippen molar-refractivity contribution in [3.05, 3.63) is 28.8 Å². The molecule has 0 saturated carbocycles. The Bertz CT molecular complexity index is 456. The zero-order valence-electron chi connectivity index (χ0n) is 12.5. The topological polar surface area (TPSA) is 50.4 Å². The van der Waals surface area contributed by atoms with Gasteiger partial charge >= 0.3 is 0 Å². The summed E-state index contributed by atoms with van der Waals surface area (Å²) >= 11 is 5.98. The third-order valence-electron chi connectivity index (χ3n) is 2.46. The van der Waals surface area contributed by atoms with E-state index >= 15 is 0 Å². The predicted octanol–water partition coefficient (Wildman–Crippen LogP) is 2.74. The SMILES string of the molecule is CCNCc1cc(Cl)ccc1OCC(=O)NC(C)(C)C. The number of rotatable bonds is 6. The van der Waals surface area contributed by atoms with Crippen molar-refractivity contribution in [2.24, 2.45) is 0 Å². The van der Waals surface area contributed by atoms with Crippen molar-refractivity contribution in [1.82, 2.24) is 10.6 Å². The molecule has 1 aromatic carbocycles. The van der Waals surface area contributed by atoms with Crippen LogP contribution in [0.2, 0.25) is 5.02 Å². The molecule has 0 aliphatic heterocycles. The number of amides is 1. The van der Waals surface area contributed by atoms with E-state index in [1.807, 2.05) is 33.8 Å². The van der Waals surface area contributed by atoms with Crippen molar-refractivity contribution in [3.63, 3.8) is 0 Å². The number of ether oxygens (including phenoxy) is 1. The molecule has 0 aliphatic carbocycles. The highest BCUT2D eigenvalue weighted by atomic mass is 35.5. The van der Waals surface area contributed by atoms with E-state index in [-0.39, 0.29) is 18.1 Å². The van der Waals surface area contributed by atoms with Crippen LogP contribution in [-0.2, 0) is 11.3 Å². The standard InChI is InChI=1S/C15H23ClN2O2/c1-5-17-9-11-8-12(16)6-7-13(11)20-10-14(19)18-15(2,3)4/h6-8,17H,5,9-10H2,1-4H3,(H,18,19). The largest absolute Gasteiger partial charge is 0.483 e. The van der Waals surface area contributed by atoms with Crippen LogP contribution in [0.4, 0.5) is 0 Å². The van der Waals surface area contributed by atoms with E-state index in [0.29, 0.717) is 17.3 Å². The highest BCUT2D eigenvalue weighted by molar-refractivity contribution is 6.30. The molecule has 0 bridgehead atoms. The summed E-state index contributed by atoms with van der Waals surface area (Å²) in [6, 6.07) is 5.40. The molecule has 1 rings (SSSR count). The van der Waals surface area contributed by atoms with E-state index in [9.17, 15) is 4.79 Å². The zero-order valence-corrected chi connectivity index (χ0v) is 13.3. The van der Waals surface area contributed by atoms with Crippen LogP contribution in [0.5, 0.6) is 5.75 Å². The van der Waals surface area contributed by atoms with Crippen LogP contribution in [0.15, 0.2) is 18.2 Å². The number of carbonyl (C=O) groups excluding carboxylic acids is 1. The third kappa shape index (κ3) is 6.26. The van der Waals surface area contributed by atoms with Gasteiger partial charge in [0.1, 0.15) is 5.75 Å². The van der Waals surface area contributed by atoms with Crippen molar-refractivity contribution >= 4 is 17.5 Å². The van der Waals surface area contributed by atoms with Gasteiger partial charge in [0.25, 0.3) is 5.91 Å². The number of benzene rings is 1. The maximum atomic E-state index is 11.7. The molecule has 0 aliphatic rings. The van der Waals surface area contributed by atoms with Gasteiger partial charge in [-0.05, 0) is 45.5 Å². The van der Waals surface area contributed by atoms with Crippen molar-refractivity contribution in [3.8, 4) is 5.75 Å². The lowest BCUT2D eigenvalue weighted by Crippen LogP contribution is -2.43. The van der Waals surface area contributed by atoms with Crippen LogP contribution < -0.4 is 15.4 Å². The molecule has 0 atom stereocenters. The summed E-state index contributed by atoms with van der Waals surface area (Å²) in [5.74, 6) is 0.543. The number of halogens is 1. The lowest BCUT2D eigenvalue weighted by Gasteiger charge is -2.21. The predicted molar refractivity (Wildman–Crippen MR) is 82.2 cm³/mol. The summed E-state index contributed by atoms with van der Waals surface area (Å²) in [4.78, 5) is 11.7. The molecule has 1 amide bonds. The Morgan fingerprint density at radius 3 is 2.65 bits per heavy atom. The van der Waals surface area contributed by atoms with E-state index in [1.165, 1.54) is 0 Å². The summed E-state index contributed by atoms with van der Waals surface area (Å²) in [7, 11) is 0. The fraction of sp³-hybridized carbons (Fsp3) is 0.533. The van der Waals surface area contributed by atoms with E-state index in [4.69, 9.17) is 16.3 Å². The molecule has 0 fully saturated rings. The van der Waals surface area contributed by atoms with Gasteiger partial charge in [-0.25, -0.2) is 0 Å². The van der Waals surface area contributed by atoms with Gasteiger partial charge in [0.2, 0.25) is 0 Å². The zero-order chi connectivity index (χ0) is 15.2. The van der Waals surface area contributed by atoms with Crippen molar-refractivity contribution in [2.45, 2.75) is 39.8 Å². The van der Waals surface area contributed by atoms with Crippen LogP contribution in [0.1, 0.15) is 33.3 Å². The van der Waals surface area contributed by atoms with Crippen LogP contribution in [0.25, 0.3) is 0 Å². The Labute approximate surface area is 125 Å². The number of nitrogens with one attached hydrogen (secondary N) is 2. The van der Waals surface area contributed by atoms with Crippen LogP contribution in [0.3, 0.4) is 0 Å². The Kier molecular flexibility index (Phi) is 6.30. The molecular formula is C15H23ClN2O2. The van der Waals surface area contributed by atoms with Gasteiger partial charge in [-0.1, -0.05) is 18.5 Å². The quantitative estimate of drug-likeness (QED) is 0.849. The first kappa shape index (κ1) is 16.8. The van der Waals surface area contributed by atoms with Gasteiger partial charge in [0, 0.05) is 22.7 Å². The molecule has 0 unspecified atom stereocenters. The number of carbonyl (C=O) groups is 1. The number of hydrogen-bond donors (Lipinski definition) is 2. The summed E-state index contributed by atoms with van der Waals surface area (Å²) in [5.41, 5.74) is 0.690. The Morgan fingerprint density at radius 1 is 1.35 bits per heavy atom. The monoisotopic (exact) mass is 298 g/mol. The number of hydrogen-bond acceptors (Lipinski definition) is 3. The van der Waals surface area contributed by atoms with Gasteiger partial charge in [-0.2, -0.15) is 0 Å². The summed E-state index contributed by atoms with van der Waals surface area (Å²) in [6.07, 6.45) is 0. The Hall–Kier alpha value is -1.26. The molecule has 0 aromatic heterocycles. The van der Waals surface area contributed by atoms with Gasteiger partial charge in [0.15, 0.2) is 6.61 Å². The fourth-order valence-electron chi connectivity index (χ4n) is 1.68. The van der Waals surface area contributed by atoms with Gasteiger partial charge in [-0.15, -0.1) is 0 Å². The summed E-state index contributed by atoms with van der Waals surface area (Å²) in [6.45, 7) is 9.35. The molecule has 5 heteroatoms. The molecule has 0 radical (unpaired) electrons. The van der Waals surface area contributed by atoms with E-state index in [2.05, 4.69) is 10.6 Å². The molecular weight excluding hydrogens is 276 g/mol. The average Bonchev–Trinajstić information content (AvgIpc) is 2.33. The van der Waals surface area contributed by atoms with Crippen LogP contribution >= 0.6 is 11.6 Å². The minimum atomic E-state index is -0.257. The van der Waals surface area contributed by atoms with Crippen LogP contribution in [-0.4, -0.2) is 24.6 Å². The molecule has 4 nitrogen and oxygen atoms in total. The first-order valence-electron chi connectivity index (χ1n) is 6.75. The fourth-order valence-corrected chi connectivity index (χ4v) is 1.88. The van der Waals surface area contributed by atoms with Crippen molar-refractivity contribution < 1.29 is 9.53 Å². The minimum absolute atomic E-state index is 0.00196. The second kappa shape index (κ2) is 7.50. The Balaban J connectivity index is 2.65. The average molecular weight is 299 g/mol. The Morgan fingerprint density at radius 2 is 2.05 bits per heavy atom. The van der Waals surface area contributed by atoms with Gasteiger partial charge < -0.3 is 15.4 Å². The molecule has 112 valence electrons.